The third-order valence-corrected chi connectivity index (χ3v) is 3.51. The van der Waals surface area contributed by atoms with Gasteiger partial charge in [-0.3, -0.25) is 9.69 Å². The zero-order valence-electron chi connectivity index (χ0n) is 11.9. The van der Waals surface area contributed by atoms with Crippen molar-refractivity contribution in [3.63, 3.8) is 0 Å². The fourth-order valence-electron chi connectivity index (χ4n) is 1.75. The molecule has 5 nitrogen and oxygen atoms in total. The number of methoxy groups -OCH3 is 1. The monoisotopic (exact) mass is 276 g/mol. The predicted octanol–water partition coefficient (Wildman–Crippen LogP) is 0.738. The lowest BCUT2D eigenvalue weighted by Crippen LogP contribution is -2.50. The number of thioether (sulfide) groups is 1. The van der Waals surface area contributed by atoms with Gasteiger partial charge in [-0.25, -0.2) is 4.79 Å². The van der Waals surface area contributed by atoms with E-state index in [1.165, 1.54) is 14.0 Å². The van der Waals surface area contributed by atoms with Crippen molar-refractivity contribution < 1.29 is 14.3 Å². The molecule has 0 aromatic carbocycles. The SMILES string of the molecule is CCC(CSC)N(C)CC(NC(C)=O)C(=O)OC. The highest BCUT2D eigenvalue weighted by molar-refractivity contribution is 7.98. The summed E-state index contributed by atoms with van der Waals surface area (Å²) in [5.41, 5.74) is 0. The summed E-state index contributed by atoms with van der Waals surface area (Å²) in [5, 5.41) is 2.62. The van der Waals surface area contributed by atoms with E-state index >= 15 is 0 Å². The average Bonchev–Trinajstić information content (AvgIpc) is 2.33. The lowest BCUT2D eigenvalue weighted by molar-refractivity contribution is -0.145. The van der Waals surface area contributed by atoms with Crippen LogP contribution in [0.2, 0.25) is 0 Å². The van der Waals surface area contributed by atoms with Gasteiger partial charge in [0.15, 0.2) is 0 Å². The molecule has 2 unspecified atom stereocenters. The van der Waals surface area contributed by atoms with E-state index in [9.17, 15) is 9.59 Å². The van der Waals surface area contributed by atoms with Crippen molar-refractivity contribution in [2.75, 3.05) is 32.7 Å². The molecule has 1 amide bonds. The van der Waals surface area contributed by atoms with Gasteiger partial charge >= 0.3 is 5.97 Å². The number of nitrogens with zero attached hydrogens (tertiary/aromatic N) is 1. The molecule has 106 valence electrons. The number of carbonyl (C=O) groups is 2. The van der Waals surface area contributed by atoms with Crippen LogP contribution in [0.15, 0.2) is 0 Å². The van der Waals surface area contributed by atoms with Gasteiger partial charge in [0, 0.05) is 25.3 Å². The van der Waals surface area contributed by atoms with Gasteiger partial charge in [-0.1, -0.05) is 6.92 Å². The molecule has 0 aliphatic heterocycles. The smallest absolute Gasteiger partial charge is 0.329 e. The Morgan fingerprint density at radius 1 is 1.44 bits per heavy atom. The molecule has 0 radical (unpaired) electrons. The van der Waals surface area contributed by atoms with Crippen molar-refractivity contribution in [3.05, 3.63) is 0 Å². The van der Waals surface area contributed by atoms with E-state index in [1.54, 1.807) is 11.8 Å². The molecule has 0 aliphatic carbocycles. The highest BCUT2D eigenvalue weighted by Gasteiger charge is 2.24. The predicted molar refractivity (Wildman–Crippen MR) is 74.7 cm³/mol. The average molecular weight is 276 g/mol. The van der Waals surface area contributed by atoms with Gasteiger partial charge < -0.3 is 10.1 Å². The van der Waals surface area contributed by atoms with E-state index in [0.29, 0.717) is 12.6 Å². The number of ether oxygens (including phenoxy) is 1. The maximum atomic E-state index is 11.6. The second-order valence-electron chi connectivity index (χ2n) is 4.23. The van der Waals surface area contributed by atoms with E-state index in [-0.39, 0.29) is 5.91 Å². The van der Waals surface area contributed by atoms with Gasteiger partial charge in [0.25, 0.3) is 0 Å². The first kappa shape index (κ1) is 17.2. The first-order valence-electron chi connectivity index (χ1n) is 6.00. The van der Waals surface area contributed by atoms with Gasteiger partial charge in [0.2, 0.25) is 5.91 Å². The first-order valence-corrected chi connectivity index (χ1v) is 7.39. The van der Waals surface area contributed by atoms with Crippen molar-refractivity contribution in [2.45, 2.75) is 32.4 Å². The van der Waals surface area contributed by atoms with E-state index in [4.69, 9.17) is 4.74 Å². The standard InChI is InChI=1S/C12H24N2O3S/c1-6-10(8-18-5)14(3)7-11(12(16)17-4)13-9(2)15/h10-11H,6-8H2,1-5H3,(H,13,15). The van der Waals surface area contributed by atoms with Crippen molar-refractivity contribution in [1.82, 2.24) is 10.2 Å². The summed E-state index contributed by atoms with van der Waals surface area (Å²) < 4.78 is 4.70. The summed E-state index contributed by atoms with van der Waals surface area (Å²) in [4.78, 5) is 24.8. The molecule has 6 heteroatoms. The second kappa shape index (κ2) is 9.22. The number of nitrogens with one attached hydrogen (secondary N) is 1. The Kier molecular flexibility index (Phi) is 8.83. The number of likely N-dealkylation sites (N-methyl/N-ethyl adjacent to an activating group) is 1. The number of amides is 1. The highest BCUT2D eigenvalue weighted by atomic mass is 32.2. The van der Waals surface area contributed by atoms with Gasteiger partial charge in [0.1, 0.15) is 6.04 Å². The Balaban J connectivity index is 4.54. The third-order valence-electron chi connectivity index (χ3n) is 2.79. The van der Waals surface area contributed by atoms with Crippen molar-refractivity contribution in [1.29, 1.82) is 0 Å². The molecular formula is C12H24N2O3S. The topological polar surface area (TPSA) is 58.6 Å². The maximum Gasteiger partial charge on any atom is 0.329 e. The number of hydrogen-bond acceptors (Lipinski definition) is 5. The van der Waals surface area contributed by atoms with Crippen LogP contribution in [0.4, 0.5) is 0 Å². The highest BCUT2D eigenvalue weighted by Crippen LogP contribution is 2.09. The van der Waals surface area contributed by atoms with Crippen molar-refractivity contribution >= 4 is 23.6 Å². The van der Waals surface area contributed by atoms with E-state index in [1.807, 2.05) is 7.05 Å². The Hall–Kier alpha value is -0.750. The Labute approximate surface area is 114 Å². The largest absolute Gasteiger partial charge is 0.467 e. The quantitative estimate of drug-likeness (QED) is 0.663. The fourth-order valence-corrected chi connectivity index (χ4v) is 2.63. The summed E-state index contributed by atoms with van der Waals surface area (Å²) in [6.45, 7) is 3.98. The molecule has 0 rings (SSSR count). The summed E-state index contributed by atoms with van der Waals surface area (Å²) in [6, 6.07) is -0.214. The maximum absolute atomic E-state index is 11.6. The minimum Gasteiger partial charge on any atom is -0.467 e. The molecule has 0 aromatic heterocycles. The summed E-state index contributed by atoms with van der Waals surface area (Å²) in [6.07, 6.45) is 3.06. The molecule has 0 aliphatic rings. The van der Waals surface area contributed by atoms with Crippen LogP contribution in [0.3, 0.4) is 0 Å². The summed E-state index contributed by atoms with van der Waals surface area (Å²) in [5.74, 6) is 0.369. The van der Waals surface area contributed by atoms with Crippen LogP contribution in [0.5, 0.6) is 0 Å². The van der Waals surface area contributed by atoms with E-state index < -0.39 is 12.0 Å². The van der Waals surface area contributed by atoms with Crippen molar-refractivity contribution in [3.8, 4) is 0 Å². The van der Waals surface area contributed by atoms with Crippen LogP contribution in [0.25, 0.3) is 0 Å². The van der Waals surface area contributed by atoms with Gasteiger partial charge in [-0.05, 0) is 19.7 Å². The van der Waals surface area contributed by atoms with E-state index in [2.05, 4.69) is 23.4 Å². The molecule has 0 saturated heterocycles. The zero-order chi connectivity index (χ0) is 14.1. The summed E-state index contributed by atoms with van der Waals surface area (Å²) >= 11 is 1.77. The molecular weight excluding hydrogens is 252 g/mol. The van der Waals surface area contributed by atoms with E-state index in [0.717, 1.165) is 12.2 Å². The van der Waals surface area contributed by atoms with Gasteiger partial charge in [-0.15, -0.1) is 0 Å². The first-order chi connectivity index (χ1) is 8.46. The Bertz CT molecular complexity index is 274. The van der Waals surface area contributed by atoms with Crippen LogP contribution in [0.1, 0.15) is 20.3 Å². The minimum atomic E-state index is -0.603. The van der Waals surface area contributed by atoms with Crippen LogP contribution in [-0.4, -0.2) is 61.6 Å². The number of hydrogen-bond donors (Lipinski definition) is 1. The van der Waals surface area contributed by atoms with Crippen LogP contribution in [0, 0.1) is 0 Å². The molecule has 1 N–H and O–H groups in total. The molecule has 0 aromatic rings. The lowest BCUT2D eigenvalue weighted by atomic mass is 10.2. The lowest BCUT2D eigenvalue weighted by Gasteiger charge is -2.29. The molecule has 0 saturated carbocycles. The molecule has 0 fully saturated rings. The number of rotatable bonds is 8. The molecule has 2 atom stereocenters. The van der Waals surface area contributed by atoms with Crippen LogP contribution in [-0.2, 0) is 14.3 Å². The van der Waals surface area contributed by atoms with Crippen LogP contribution >= 0.6 is 11.8 Å². The third kappa shape index (κ3) is 6.26. The Morgan fingerprint density at radius 2 is 2.06 bits per heavy atom. The Morgan fingerprint density at radius 3 is 2.44 bits per heavy atom. The molecule has 0 bridgehead atoms. The van der Waals surface area contributed by atoms with Gasteiger partial charge in [-0.2, -0.15) is 11.8 Å². The fraction of sp³-hybridized carbons (Fsp3) is 0.833. The number of esters is 1. The molecule has 0 spiro atoms. The second-order valence-corrected chi connectivity index (χ2v) is 5.14. The minimum absolute atomic E-state index is 0.225. The molecule has 0 heterocycles. The number of carbonyl (C=O) groups excluding carboxylic acids is 2. The summed E-state index contributed by atoms with van der Waals surface area (Å²) in [7, 11) is 3.29. The normalized spacial score (nSPS) is 14.1. The zero-order valence-corrected chi connectivity index (χ0v) is 12.7. The van der Waals surface area contributed by atoms with Crippen molar-refractivity contribution in [2.24, 2.45) is 0 Å². The van der Waals surface area contributed by atoms with Gasteiger partial charge in [0.05, 0.1) is 7.11 Å². The molecule has 18 heavy (non-hydrogen) atoms. The van der Waals surface area contributed by atoms with Crippen LogP contribution < -0.4 is 5.32 Å².